The summed E-state index contributed by atoms with van der Waals surface area (Å²) in [5.74, 6) is 2.35. The number of nitrogens with one attached hydrogen (secondary N) is 3. The van der Waals surface area contributed by atoms with Gasteiger partial charge < -0.3 is 24.3 Å². The van der Waals surface area contributed by atoms with Crippen molar-refractivity contribution in [2.75, 3.05) is 32.7 Å². The maximum atomic E-state index is 8.28. The number of ether oxygens (including phenoxy) is 2. The normalized spacial score (nSPS) is 14.3. The van der Waals surface area contributed by atoms with E-state index in [0.29, 0.717) is 30.4 Å². The van der Waals surface area contributed by atoms with Crippen LogP contribution in [0.2, 0.25) is 0 Å². The molecule has 0 bridgehead atoms. The predicted octanol–water partition coefficient (Wildman–Crippen LogP) is 5.31. The van der Waals surface area contributed by atoms with Crippen LogP contribution in [-0.4, -0.2) is 64.6 Å². The minimum absolute atomic E-state index is 0.187. The number of hydrogen-bond acceptors (Lipinski definition) is 6. The molecule has 2 aromatic heterocycles. The maximum absolute atomic E-state index is 8.28. The third kappa shape index (κ3) is 5.55. The smallest absolute Gasteiger partial charge is 0.143 e. The first-order chi connectivity index (χ1) is 18.2. The zero-order valence-electron chi connectivity index (χ0n) is 22.9. The summed E-state index contributed by atoms with van der Waals surface area (Å²) in [7, 11) is 5.18. The van der Waals surface area contributed by atoms with Gasteiger partial charge in [-0.1, -0.05) is 18.6 Å². The van der Waals surface area contributed by atoms with E-state index in [1.165, 1.54) is 10.5 Å². The van der Waals surface area contributed by atoms with Crippen molar-refractivity contribution in [2.24, 2.45) is 12.0 Å². The van der Waals surface area contributed by atoms with Gasteiger partial charge in [0.25, 0.3) is 0 Å². The minimum Gasteiger partial charge on any atom is -0.495 e. The molecule has 4 rings (SSSR count). The van der Waals surface area contributed by atoms with Crippen LogP contribution in [0.1, 0.15) is 44.4 Å². The molecule has 3 aromatic rings. The van der Waals surface area contributed by atoms with Gasteiger partial charge >= 0.3 is 0 Å². The molecule has 0 atom stereocenters. The van der Waals surface area contributed by atoms with E-state index in [9.17, 15) is 0 Å². The zero-order chi connectivity index (χ0) is 27.4. The Labute approximate surface area is 223 Å². The van der Waals surface area contributed by atoms with E-state index < -0.39 is 0 Å². The summed E-state index contributed by atoms with van der Waals surface area (Å²) in [5, 5.41) is 23.5. The van der Waals surface area contributed by atoms with Gasteiger partial charge in [-0.05, 0) is 44.5 Å². The molecule has 0 aliphatic carbocycles. The van der Waals surface area contributed by atoms with Crippen LogP contribution in [0.25, 0.3) is 17.3 Å². The van der Waals surface area contributed by atoms with Gasteiger partial charge in [0.1, 0.15) is 23.2 Å². The average Bonchev–Trinajstić information content (AvgIpc) is 3.45. The summed E-state index contributed by atoms with van der Waals surface area (Å²) in [4.78, 5) is 6.51. The van der Waals surface area contributed by atoms with Gasteiger partial charge in [0.15, 0.2) is 0 Å². The van der Waals surface area contributed by atoms with Crippen LogP contribution >= 0.6 is 0 Å². The molecular formula is C28H36N8O2. The molecule has 1 saturated heterocycles. The van der Waals surface area contributed by atoms with E-state index in [4.69, 9.17) is 25.3 Å². The molecule has 3 heterocycles. The van der Waals surface area contributed by atoms with Gasteiger partial charge in [0, 0.05) is 37.0 Å². The number of methoxy groups -OCH3 is 1. The molecule has 38 heavy (non-hydrogen) atoms. The average molecular weight is 517 g/mol. The largest absolute Gasteiger partial charge is 0.495 e. The molecule has 3 N–H and O–H groups in total. The lowest BCUT2D eigenvalue weighted by atomic mass is 10.1. The molecule has 0 amide bonds. The highest BCUT2D eigenvalue weighted by Gasteiger charge is 2.28. The van der Waals surface area contributed by atoms with Gasteiger partial charge in [-0.2, -0.15) is 5.10 Å². The van der Waals surface area contributed by atoms with Crippen LogP contribution in [0.5, 0.6) is 5.75 Å². The molecular weight excluding hydrogens is 480 g/mol. The topological polar surface area (TPSA) is 117 Å². The van der Waals surface area contributed by atoms with E-state index in [-0.39, 0.29) is 11.9 Å². The maximum Gasteiger partial charge on any atom is 0.143 e. The Morgan fingerprint density at radius 2 is 2.08 bits per heavy atom. The van der Waals surface area contributed by atoms with Crippen LogP contribution < -0.4 is 10.1 Å². The van der Waals surface area contributed by atoms with Gasteiger partial charge in [-0.3, -0.25) is 15.5 Å². The second-order valence-electron chi connectivity index (χ2n) is 9.44. The fourth-order valence-corrected chi connectivity index (χ4v) is 4.24. The third-order valence-electron chi connectivity index (χ3n) is 6.59. The Balaban J connectivity index is 1.76. The van der Waals surface area contributed by atoms with E-state index in [1.54, 1.807) is 20.2 Å². The van der Waals surface area contributed by atoms with Crippen LogP contribution in [-0.2, 0) is 11.8 Å². The predicted molar refractivity (Wildman–Crippen MR) is 153 cm³/mol. The number of benzene rings is 1. The minimum atomic E-state index is 0.187. The number of hydrogen-bond donors (Lipinski definition) is 3. The molecule has 200 valence electrons. The number of rotatable bonds is 9. The Morgan fingerprint density at radius 1 is 1.32 bits per heavy atom. The van der Waals surface area contributed by atoms with Gasteiger partial charge in [0.05, 0.1) is 50.3 Å². The zero-order valence-corrected chi connectivity index (χ0v) is 22.9. The lowest BCUT2D eigenvalue weighted by Crippen LogP contribution is -2.31. The molecule has 1 aliphatic rings. The van der Waals surface area contributed by atoms with Crippen molar-refractivity contribution in [3.63, 3.8) is 0 Å². The lowest BCUT2D eigenvalue weighted by Gasteiger charge is -2.30. The molecule has 0 radical (unpaired) electrons. The number of aliphatic imine (C=N–C) groups is 1. The van der Waals surface area contributed by atoms with Crippen molar-refractivity contribution in [1.29, 1.82) is 10.8 Å². The summed E-state index contributed by atoms with van der Waals surface area (Å²) < 4.78 is 15.2. The first kappa shape index (κ1) is 26.9. The highest BCUT2D eigenvalue weighted by molar-refractivity contribution is 6.03. The second kappa shape index (κ2) is 11.5. The highest BCUT2D eigenvalue weighted by atomic mass is 16.5. The van der Waals surface area contributed by atoms with Gasteiger partial charge in [-0.25, -0.2) is 4.99 Å². The Kier molecular flexibility index (Phi) is 8.11. The molecule has 1 fully saturated rings. The van der Waals surface area contributed by atoms with Crippen LogP contribution in [0.15, 0.2) is 47.2 Å². The number of allylic oxidation sites excluding steroid dienone is 1. The van der Waals surface area contributed by atoms with E-state index >= 15 is 0 Å². The van der Waals surface area contributed by atoms with Crippen molar-refractivity contribution in [1.82, 2.24) is 19.2 Å². The summed E-state index contributed by atoms with van der Waals surface area (Å²) in [6, 6.07) is 7.84. The fourth-order valence-electron chi connectivity index (χ4n) is 4.24. The standard InChI is InChI=1S/C28H36N8O2/c1-7-18(2)10-21-11-25(22-13-31-35(5)14-22)36(23-15-38-16-23)28(21)33-19(3)32-24-9-8-20(12-26(24)37-6)27(30)34(4)17-29/h8-14,17,23,29-30H,7,15-16H2,1-6H3,(H,32,33). The molecule has 10 heteroatoms. The number of aryl methyl sites for hydroxylation is 1. The number of amidine groups is 2. The second-order valence-corrected chi connectivity index (χ2v) is 9.44. The first-order valence-corrected chi connectivity index (χ1v) is 12.6. The van der Waals surface area contributed by atoms with Crippen molar-refractivity contribution in [2.45, 2.75) is 33.2 Å². The van der Waals surface area contributed by atoms with Crippen molar-refractivity contribution in [3.8, 4) is 17.0 Å². The van der Waals surface area contributed by atoms with Gasteiger partial charge in [-0.15, -0.1) is 0 Å². The van der Waals surface area contributed by atoms with Crippen molar-refractivity contribution >= 4 is 35.6 Å². The SMILES string of the molecule is CCC(C)=Cc1cc(-c2cnn(C)c2)n(C2COC2)c1/N=C(\C)Nc1ccc(C(=N)N(C)C=N)cc1OC. The van der Waals surface area contributed by atoms with Crippen LogP contribution in [0.3, 0.4) is 0 Å². The number of aromatic nitrogens is 3. The van der Waals surface area contributed by atoms with Crippen LogP contribution in [0.4, 0.5) is 11.5 Å². The quantitative estimate of drug-likeness (QED) is 0.263. The van der Waals surface area contributed by atoms with Gasteiger partial charge in [0.2, 0.25) is 0 Å². The molecule has 0 unspecified atom stereocenters. The Morgan fingerprint density at radius 3 is 2.66 bits per heavy atom. The summed E-state index contributed by atoms with van der Waals surface area (Å²) in [6.07, 6.45) is 8.15. The Bertz CT molecular complexity index is 1390. The summed E-state index contributed by atoms with van der Waals surface area (Å²) in [6.45, 7) is 7.48. The first-order valence-electron chi connectivity index (χ1n) is 12.6. The van der Waals surface area contributed by atoms with E-state index in [2.05, 4.69) is 41.0 Å². The van der Waals surface area contributed by atoms with E-state index in [0.717, 1.165) is 41.1 Å². The monoisotopic (exact) mass is 516 g/mol. The Hall–Kier alpha value is -4.18. The third-order valence-corrected chi connectivity index (χ3v) is 6.59. The highest BCUT2D eigenvalue weighted by Crippen LogP contribution is 2.38. The summed E-state index contributed by atoms with van der Waals surface area (Å²) >= 11 is 0. The molecule has 1 aliphatic heterocycles. The molecule has 0 spiro atoms. The molecule has 10 nitrogen and oxygen atoms in total. The number of nitrogens with zero attached hydrogens (tertiary/aromatic N) is 5. The molecule has 0 saturated carbocycles. The van der Waals surface area contributed by atoms with Crippen LogP contribution in [0, 0.1) is 10.8 Å². The lowest BCUT2D eigenvalue weighted by molar-refractivity contribution is -0.0217. The fraction of sp³-hybridized carbons (Fsp3) is 0.357. The van der Waals surface area contributed by atoms with Crippen molar-refractivity contribution in [3.05, 3.63) is 53.4 Å². The van der Waals surface area contributed by atoms with Crippen molar-refractivity contribution < 1.29 is 9.47 Å². The molecule has 1 aromatic carbocycles. The number of anilines is 1. The van der Waals surface area contributed by atoms with E-state index in [1.807, 2.05) is 43.2 Å². The summed E-state index contributed by atoms with van der Waals surface area (Å²) in [5.41, 5.74) is 5.79.